The van der Waals surface area contributed by atoms with Crippen LogP contribution in [0.25, 0.3) is 56.0 Å². The quantitative estimate of drug-likeness (QED) is 0.297. The molecule has 1 amide bonds. The number of aromatic amines is 2. The third-order valence-electron chi connectivity index (χ3n) is 7.03. The zero-order chi connectivity index (χ0) is 25.5. The first-order chi connectivity index (χ1) is 18.7. The van der Waals surface area contributed by atoms with Crippen LogP contribution in [0.4, 0.5) is 5.69 Å². The monoisotopic (exact) mass is 501 g/mol. The number of amides is 1. The lowest BCUT2D eigenvalue weighted by molar-refractivity contribution is -0.119. The van der Waals surface area contributed by atoms with Crippen molar-refractivity contribution in [3.05, 3.63) is 67.5 Å². The summed E-state index contributed by atoms with van der Waals surface area (Å²) in [6, 6.07) is 9.61. The largest absolute Gasteiger partial charge is 0.335 e. The molecule has 6 aromatic heterocycles. The topological polar surface area (TPSA) is 138 Å². The predicted molar refractivity (Wildman–Crippen MR) is 144 cm³/mol. The summed E-state index contributed by atoms with van der Waals surface area (Å²) in [5.41, 5.74) is 6.85. The van der Waals surface area contributed by atoms with E-state index < -0.39 is 0 Å². The SMILES string of the molecule is O=C(Nc1cncc(-c2cc3c(-c4nc5c(-c6ccccn6)cncc5[nH]4)n[nH]c3cn2)c1)C1CCCC1. The van der Waals surface area contributed by atoms with Crippen molar-refractivity contribution < 1.29 is 4.79 Å². The number of aromatic nitrogens is 8. The Morgan fingerprint density at radius 3 is 2.68 bits per heavy atom. The number of nitrogens with zero attached hydrogens (tertiary/aromatic N) is 6. The van der Waals surface area contributed by atoms with E-state index in [0.717, 1.165) is 70.1 Å². The van der Waals surface area contributed by atoms with Crippen molar-refractivity contribution in [3.63, 3.8) is 0 Å². The Hall–Kier alpha value is -4.99. The molecule has 6 aromatic rings. The van der Waals surface area contributed by atoms with Crippen molar-refractivity contribution >= 4 is 33.5 Å². The molecule has 1 aliphatic carbocycles. The number of hydrogen-bond donors (Lipinski definition) is 3. The lowest BCUT2D eigenvalue weighted by atomic mass is 10.1. The molecule has 186 valence electrons. The number of hydrogen-bond acceptors (Lipinski definition) is 7. The van der Waals surface area contributed by atoms with E-state index in [0.29, 0.717) is 17.2 Å². The van der Waals surface area contributed by atoms with Crippen LogP contribution in [-0.2, 0) is 4.79 Å². The highest BCUT2D eigenvalue weighted by molar-refractivity contribution is 5.97. The second-order valence-corrected chi connectivity index (χ2v) is 9.50. The van der Waals surface area contributed by atoms with Crippen LogP contribution in [-0.4, -0.2) is 46.0 Å². The van der Waals surface area contributed by atoms with Crippen LogP contribution in [0.5, 0.6) is 0 Å². The van der Waals surface area contributed by atoms with Gasteiger partial charge in [0.15, 0.2) is 5.82 Å². The summed E-state index contributed by atoms with van der Waals surface area (Å²) in [5, 5.41) is 11.5. The first kappa shape index (κ1) is 22.2. The van der Waals surface area contributed by atoms with E-state index in [1.807, 2.05) is 30.3 Å². The smallest absolute Gasteiger partial charge is 0.227 e. The number of pyridine rings is 4. The van der Waals surface area contributed by atoms with Crippen molar-refractivity contribution in [2.24, 2.45) is 5.92 Å². The van der Waals surface area contributed by atoms with Crippen molar-refractivity contribution in [3.8, 4) is 34.0 Å². The highest BCUT2D eigenvalue weighted by atomic mass is 16.1. The van der Waals surface area contributed by atoms with Crippen molar-refractivity contribution in [2.45, 2.75) is 25.7 Å². The molecular weight excluding hydrogens is 478 g/mol. The number of carbonyl (C=O) groups is 1. The summed E-state index contributed by atoms with van der Waals surface area (Å²) in [5.74, 6) is 0.759. The van der Waals surface area contributed by atoms with Gasteiger partial charge < -0.3 is 10.3 Å². The van der Waals surface area contributed by atoms with Crippen LogP contribution < -0.4 is 5.32 Å². The molecule has 0 radical (unpaired) electrons. The molecular formula is C28H23N9O. The maximum Gasteiger partial charge on any atom is 0.227 e. The molecule has 0 bridgehead atoms. The lowest BCUT2D eigenvalue weighted by Gasteiger charge is -2.11. The Morgan fingerprint density at radius 2 is 1.82 bits per heavy atom. The molecule has 0 aliphatic heterocycles. The first-order valence-electron chi connectivity index (χ1n) is 12.6. The van der Waals surface area contributed by atoms with Crippen LogP contribution in [0.15, 0.2) is 67.5 Å². The van der Waals surface area contributed by atoms with Crippen molar-refractivity contribution in [1.29, 1.82) is 0 Å². The lowest BCUT2D eigenvalue weighted by Crippen LogP contribution is -2.20. The molecule has 10 heteroatoms. The molecule has 3 N–H and O–H groups in total. The summed E-state index contributed by atoms with van der Waals surface area (Å²) in [4.78, 5) is 38.6. The summed E-state index contributed by atoms with van der Waals surface area (Å²) in [6.45, 7) is 0. The number of carbonyl (C=O) groups excluding carboxylic acids is 1. The average molecular weight is 502 g/mol. The minimum Gasteiger partial charge on any atom is -0.335 e. The highest BCUT2D eigenvalue weighted by Crippen LogP contribution is 2.32. The summed E-state index contributed by atoms with van der Waals surface area (Å²) >= 11 is 0. The zero-order valence-electron chi connectivity index (χ0n) is 20.3. The number of rotatable bonds is 5. The van der Waals surface area contributed by atoms with Crippen LogP contribution in [0.3, 0.4) is 0 Å². The van der Waals surface area contributed by atoms with Crippen LogP contribution in [0, 0.1) is 5.92 Å². The van der Waals surface area contributed by atoms with Crippen molar-refractivity contribution in [1.82, 2.24) is 40.1 Å². The molecule has 0 spiro atoms. The standard InChI is InChI=1S/C28H23N9O/c38-28(16-5-1-2-6-16)33-18-9-17(11-29-12-18)22-10-19-23(15-32-22)36-37-26(19)27-34-24-14-30-13-20(25(24)35-27)21-7-3-4-8-31-21/h3-4,7-16H,1-2,5-6H2,(H,33,38)(H,34,35)(H,36,37). The molecule has 38 heavy (non-hydrogen) atoms. The first-order valence-corrected chi connectivity index (χ1v) is 12.6. The average Bonchev–Trinajstić information content (AvgIpc) is 3.73. The van der Waals surface area contributed by atoms with Gasteiger partial charge >= 0.3 is 0 Å². The highest BCUT2D eigenvalue weighted by Gasteiger charge is 2.23. The minimum atomic E-state index is 0.0615. The van der Waals surface area contributed by atoms with E-state index in [4.69, 9.17) is 4.98 Å². The Morgan fingerprint density at radius 1 is 0.921 bits per heavy atom. The van der Waals surface area contributed by atoms with Gasteiger partial charge in [-0.25, -0.2) is 4.98 Å². The fourth-order valence-electron chi connectivity index (χ4n) is 5.09. The third-order valence-corrected chi connectivity index (χ3v) is 7.03. The molecule has 7 rings (SSSR count). The predicted octanol–water partition coefficient (Wildman–Crippen LogP) is 5.15. The zero-order valence-corrected chi connectivity index (χ0v) is 20.3. The Bertz CT molecular complexity index is 1780. The second-order valence-electron chi connectivity index (χ2n) is 9.50. The Balaban J connectivity index is 1.25. The molecule has 0 saturated heterocycles. The summed E-state index contributed by atoms with van der Waals surface area (Å²) in [7, 11) is 0. The molecule has 0 unspecified atom stereocenters. The Kier molecular flexibility index (Phi) is 5.35. The number of H-pyrrole nitrogens is 2. The van der Waals surface area contributed by atoms with Crippen LogP contribution >= 0.6 is 0 Å². The third kappa shape index (κ3) is 3.96. The maximum atomic E-state index is 12.6. The van der Waals surface area contributed by atoms with E-state index in [1.54, 1.807) is 37.2 Å². The molecule has 1 fully saturated rings. The van der Waals surface area contributed by atoms with Gasteiger partial charge in [0.2, 0.25) is 5.91 Å². The minimum absolute atomic E-state index is 0.0615. The van der Waals surface area contributed by atoms with Crippen molar-refractivity contribution in [2.75, 3.05) is 5.32 Å². The second kappa shape index (κ2) is 9.15. The van der Waals surface area contributed by atoms with Gasteiger partial charge in [-0.3, -0.25) is 29.8 Å². The van der Waals surface area contributed by atoms with Gasteiger partial charge in [0.05, 0.1) is 46.7 Å². The Labute approximate surface area is 217 Å². The van der Waals surface area contributed by atoms with Gasteiger partial charge in [0.25, 0.3) is 0 Å². The van der Waals surface area contributed by atoms with Gasteiger partial charge in [-0.05, 0) is 37.1 Å². The van der Waals surface area contributed by atoms with Crippen LogP contribution in [0.2, 0.25) is 0 Å². The van der Waals surface area contributed by atoms with E-state index in [1.165, 1.54) is 0 Å². The summed E-state index contributed by atoms with van der Waals surface area (Å²) < 4.78 is 0. The molecule has 6 heterocycles. The number of fused-ring (bicyclic) bond motifs is 2. The van der Waals surface area contributed by atoms with E-state index in [-0.39, 0.29) is 11.8 Å². The molecule has 1 aliphatic rings. The van der Waals surface area contributed by atoms with Crippen LogP contribution in [0.1, 0.15) is 25.7 Å². The number of imidazole rings is 1. The van der Waals surface area contributed by atoms with Gasteiger partial charge in [0, 0.05) is 41.0 Å². The van der Waals surface area contributed by atoms with E-state index in [2.05, 4.69) is 40.4 Å². The molecule has 0 atom stereocenters. The number of nitrogens with one attached hydrogen (secondary N) is 3. The fourth-order valence-corrected chi connectivity index (χ4v) is 5.09. The van der Waals surface area contributed by atoms with Gasteiger partial charge in [-0.2, -0.15) is 5.10 Å². The summed E-state index contributed by atoms with van der Waals surface area (Å²) in [6.07, 6.45) is 14.5. The van der Waals surface area contributed by atoms with Gasteiger partial charge in [-0.15, -0.1) is 0 Å². The molecule has 0 aromatic carbocycles. The number of anilines is 1. The van der Waals surface area contributed by atoms with E-state index in [9.17, 15) is 4.79 Å². The maximum absolute atomic E-state index is 12.6. The molecule has 1 saturated carbocycles. The fraction of sp³-hybridized carbons (Fsp3) is 0.179. The molecule has 10 nitrogen and oxygen atoms in total. The van der Waals surface area contributed by atoms with E-state index >= 15 is 0 Å². The van der Waals surface area contributed by atoms with Gasteiger partial charge in [0.1, 0.15) is 11.2 Å². The van der Waals surface area contributed by atoms with Gasteiger partial charge in [-0.1, -0.05) is 18.9 Å². The normalized spacial score (nSPS) is 13.9.